The van der Waals surface area contributed by atoms with Gasteiger partial charge in [0.15, 0.2) is 0 Å². The second kappa shape index (κ2) is 40.9. The molecular weight excluding hydrogens is 1170 g/mol. The van der Waals surface area contributed by atoms with Crippen LogP contribution in [0.5, 0.6) is 23.0 Å². The Bertz CT molecular complexity index is 3240. The molecule has 0 aliphatic carbocycles. The summed E-state index contributed by atoms with van der Waals surface area (Å²) in [5, 5.41) is 38.4. The Kier molecular flexibility index (Phi) is 36.5. The van der Waals surface area contributed by atoms with E-state index in [2.05, 4.69) is 20.0 Å². The topological polar surface area (TPSA) is 238 Å². The van der Waals surface area contributed by atoms with Crippen molar-refractivity contribution >= 4 is 90.1 Å². The first-order valence-electron chi connectivity index (χ1n) is 24.0. The average Bonchev–Trinajstić information content (AvgIpc) is 3.56. The molecular formula is C63H60Cl2N4Na2O12Ti. The Balaban J connectivity index is 0.00000107. The zero-order valence-corrected chi connectivity index (χ0v) is 53.8. The SMILES string of the molecule is C.COc1ccc(C=Nc2cccc(C)c2C(=O)O)cc1.COc1ccc(C=Nc2cccc(C)c2C(=O)O)cc1.COc1ccc(C=Nc2ccccc2C(=O)O)cc1.COc1ccc(C=Nc2ccccc2C(=O)[O-])cc1.[Cl][Ti][Cl].[H-].[Na+].[Na+]. The summed E-state index contributed by atoms with van der Waals surface area (Å²) >= 11 is -0.556. The van der Waals surface area contributed by atoms with E-state index < -0.39 is 40.9 Å². The molecule has 8 rings (SSSR count). The van der Waals surface area contributed by atoms with Crippen LogP contribution in [0.2, 0.25) is 0 Å². The number of rotatable bonds is 16. The molecule has 0 amide bonds. The molecule has 16 nitrogen and oxygen atoms in total. The van der Waals surface area contributed by atoms with Gasteiger partial charge in [0.2, 0.25) is 0 Å². The number of carboxylic acid groups (broad SMARTS) is 4. The molecule has 0 unspecified atom stereocenters. The summed E-state index contributed by atoms with van der Waals surface area (Å²) in [6, 6.07) is 53.0. The van der Waals surface area contributed by atoms with Gasteiger partial charge in [0.25, 0.3) is 0 Å². The molecule has 0 atom stereocenters. The summed E-state index contributed by atoms with van der Waals surface area (Å²) in [4.78, 5) is 61.3. The van der Waals surface area contributed by atoms with Crippen molar-refractivity contribution in [2.45, 2.75) is 21.3 Å². The van der Waals surface area contributed by atoms with Crippen LogP contribution in [0.15, 0.2) is 202 Å². The van der Waals surface area contributed by atoms with E-state index in [0.717, 1.165) is 45.3 Å². The number of benzene rings is 8. The number of nitrogens with zero attached hydrogens (tertiary/aromatic N) is 4. The Morgan fingerprint density at radius 2 is 0.667 bits per heavy atom. The summed E-state index contributed by atoms with van der Waals surface area (Å²) in [7, 11) is 16.2. The standard InChI is InChI=1S/2C16H15NO3.2C15H13NO3.CH4.2ClH.2Na.Ti.H/c2*1-11-4-3-5-14(15(11)16(18)19)17-10-12-6-8-13(20-2)9-7-12;2*1-19-12-8-6-11(7-9-12)10-16-14-5-3-2-4-13(14)15(17)18;;;;;;;/h2*3-10H,1-2H3,(H,18,19);2*2-10H,1H3,(H,17,18);1H4;2*1H;;;;/q;;;;;;;2*+1;+2;-1/p-3. The minimum atomic E-state index is -1.23. The molecule has 0 aromatic heterocycles. The third-order valence-corrected chi connectivity index (χ3v) is 11.1. The first-order valence-corrected chi connectivity index (χ1v) is 28.3. The van der Waals surface area contributed by atoms with E-state index in [1.807, 2.05) is 97.1 Å². The van der Waals surface area contributed by atoms with Gasteiger partial charge >= 0.3 is 113 Å². The first kappa shape index (κ1) is 74.8. The molecule has 0 heterocycles. The van der Waals surface area contributed by atoms with Crippen molar-refractivity contribution in [2.75, 3.05) is 28.4 Å². The molecule has 0 spiro atoms. The van der Waals surface area contributed by atoms with Crippen LogP contribution in [0.3, 0.4) is 0 Å². The zero-order valence-electron chi connectivity index (χ0n) is 47.7. The maximum absolute atomic E-state index is 11.2. The maximum atomic E-state index is 11.2. The van der Waals surface area contributed by atoms with Crippen molar-refractivity contribution in [3.63, 3.8) is 0 Å². The van der Waals surface area contributed by atoms with Crippen molar-refractivity contribution in [2.24, 2.45) is 20.0 Å². The molecule has 424 valence electrons. The fourth-order valence-electron chi connectivity index (χ4n) is 6.94. The fourth-order valence-corrected chi connectivity index (χ4v) is 6.94. The summed E-state index contributed by atoms with van der Waals surface area (Å²) < 4.78 is 20.3. The van der Waals surface area contributed by atoms with Gasteiger partial charge in [-0.1, -0.05) is 62.0 Å². The Morgan fingerprint density at radius 1 is 0.417 bits per heavy atom. The largest absolute Gasteiger partial charge is 1.00 e. The molecule has 3 N–H and O–H groups in total. The number of ether oxygens (including phenoxy) is 4. The summed E-state index contributed by atoms with van der Waals surface area (Å²) in [6.45, 7) is 3.52. The van der Waals surface area contributed by atoms with Crippen LogP contribution in [0.4, 0.5) is 22.7 Å². The normalized spacial score (nSPS) is 10.0. The van der Waals surface area contributed by atoms with E-state index in [1.54, 1.807) is 140 Å². The van der Waals surface area contributed by atoms with E-state index in [-0.39, 0.29) is 90.2 Å². The fraction of sp³-hybridized carbons (Fsp3) is 0.111. The molecule has 0 saturated heterocycles. The number of halogens is 2. The maximum Gasteiger partial charge on any atom is 1.00 e. The molecule has 0 saturated carbocycles. The monoisotopic (exact) mass is 1230 g/mol. The summed E-state index contributed by atoms with van der Waals surface area (Å²) in [5.74, 6) is -1.09. The van der Waals surface area contributed by atoms with Gasteiger partial charge in [-0.15, -0.1) is 0 Å². The minimum absolute atomic E-state index is 0. The molecule has 0 aliphatic rings. The Labute approximate surface area is 551 Å². The van der Waals surface area contributed by atoms with Crippen LogP contribution in [0, 0.1) is 13.8 Å². The van der Waals surface area contributed by atoms with Gasteiger partial charge < -0.3 is 45.6 Å². The van der Waals surface area contributed by atoms with Crippen molar-refractivity contribution in [3.8, 4) is 23.0 Å². The summed E-state index contributed by atoms with van der Waals surface area (Å²) in [6.07, 6.45) is 6.50. The van der Waals surface area contributed by atoms with Gasteiger partial charge in [0.05, 0.1) is 73.8 Å². The van der Waals surface area contributed by atoms with E-state index >= 15 is 0 Å². The zero-order chi connectivity index (χ0) is 59.1. The van der Waals surface area contributed by atoms with Gasteiger partial charge in [0, 0.05) is 30.4 Å². The number of aryl methyl sites for hydroxylation is 2. The van der Waals surface area contributed by atoms with Crippen LogP contribution in [0.25, 0.3) is 0 Å². The van der Waals surface area contributed by atoms with Crippen LogP contribution in [-0.2, 0) is 17.0 Å². The molecule has 0 aliphatic heterocycles. The Hall–Kier alpha value is -7.19. The molecule has 0 bridgehead atoms. The van der Waals surface area contributed by atoms with E-state index in [0.29, 0.717) is 33.9 Å². The van der Waals surface area contributed by atoms with Crippen LogP contribution in [0.1, 0.15) is 83.7 Å². The molecule has 84 heavy (non-hydrogen) atoms. The summed E-state index contributed by atoms with van der Waals surface area (Å²) in [5.41, 5.74) is 7.32. The number of methoxy groups -OCH3 is 4. The second-order valence-corrected chi connectivity index (χ2v) is 19.0. The second-order valence-electron chi connectivity index (χ2n) is 16.4. The van der Waals surface area contributed by atoms with Gasteiger partial charge in [0.1, 0.15) is 23.0 Å². The Morgan fingerprint density at radius 3 is 0.929 bits per heavy atom. The van der Waals surface area contributed by atoms with E-state index in [4.69, 9.17) is 42.7 Å². The molecule has 21 heteroatoms. The molecule has 8 aromatic carbocycles. The molecule has 0 radical (unpaired) electrons. The predicted molar refractivity (Wildman–Crippen MR) is 321 cm³/mol. The predicted octanol–water partition coefficient (Wildman–Crippen LogP) is 7.99. The molecule has 8 aromatic rings. The number of para-hydroxylation sites is 2. The average molecular weight is 1230 g/mol. The van der Waals surface area contributed by atoms with Crippen LogP contribution in [-0.4, -0.2) is 92.5 Å². The quantitative estimate of drug-likeness (QED) is 0.0616. The minimum Gasteiger partial charge on any atom is -1.00 e. The van der Waals surface area contributed by atoms with Crippen molar-refractivity contribution in [1.29, 1.82) is 0 Å². The number of aromatic carboxylic acids is 4. The number of carboxylic acids is 4. The van der Waals surface area contributed by atoms with Crippen molar-refractivity contribution in [1.82, 2.24) is 0 Å². The number of hydrogen-bond acceptors (Lipinski definition) is 13. The van der Waals surface area contributed by atoms with E-state index in [1.165, 1.54) is 12.1 Å². The van der Waals surface area contributed by atoms with Gasteiger partial charge in [-0.3, -0.25) is 20.0 Å². The van der Waals surface area contributed by atoms with Crippen molar-refractivity contribution in [3.05, 3.63) is 238 Å². The molecule has 0 fully saturated rings. The number of carbonyl (C=O) groups excluding carboxylic acids is 1. The smallest absolute Gasteiger partial charge is 1.00 e. The van der Waals surface area contributed by atoms with Crippen molar-refractivity contribution < 1.29 is 136 Å². The third-order valence-electron chi connectivity index (χ3n) is 11.1. The van der Waals surface area contributed by atoms with Gasteiger partial charge in [-0.05, 0) is 175 Å². The van der Waals surface area contributed by atoms with Crippen LogP contribution >= 0.6 is 18.6 Å². The van der Waals surface area contributed by atoms with E-state index in [9.17, 15) is 34.5 Å². The number of carbonyl (C=O) groups is 4. The third kappa shape index (κ3) is 25.3. The van der Waals surface area contributed by atoms with Gasteiger partial charge in [-0.2, -0.15) is 0 Å². The number of aliphatic imine (C=N–C) groups is 4. The number of hydrogen-bond donors (Lipinski definition) is 3. The first-order chi connectivity index (χ1) is 39.0. The van der Waals surface area contributed by atoms with Crippen LogP contribution < -0.4 is 83.2 Å². The van der Waals surface area contributed by atoms with Gasteiger partial charge in [-0.25, -0.2) is 14.4 Å².